The van der Waals surface area contributed by atoms with E-state index in [4.69, 9.17) is 9.84 Å². The van der Waals surface area contributed by atoms with Crippen LogP contribution in [0.2, 0.25) is 0 Å². The average Bonchev–Trinajstić information content (AvgIpc) is 2.58. The normalized spacial score (nSPS) is 10.7. The van der Waals surface area contributed by atoms with Crippen LogP contribution in [0.1, 0.15) is 16.7 Å². The van der Waals surface area contributed by atoms with E-state index in [1.807, 2.05) is 18.2 Å². The highest BCUT2D eigenvalue weighted by molar-refractivity contribution is 5.33. The summed E-state index contributed by atoms with van der Waals surface area (Å²) in [6, 6.07) is 16.5. The summed E-state index contributed by atoms with van der Waals surface area (Å²) in [5.74, 6) is 0.920. The second-order valence-corrected chi connectivity index (χ2v) is 5.53. The van der Waals surface area contributed by atoms with Crippen molar-refractivity contribution in [3.05, 3.63) is 65.2 Å². The van der Waals surface area contributed by atoms with Gasteiger partial charge in [0.25, 0.3) is 0 Å². The van der Waals surface area contributed by atoms with Crippen molar-refractivity contribution in [3.8, 4) is 5.75 Å². The number of rotatable bonds is 10. The molecule has 4 nitrogen and oxygen atoms in total. The zero-order valence-electron chi connectivity index (χ0n) is 13.7. The van der Waals surface area contributed by atoms with Gasteiger partial charge in [0, 0.05) is 31.7 Å². The van der Waals surface area contributed by atoms with Crippen LogP contribution in [0.5, 0.6) is 5.75 Å². The first-order chi connectivity index (χ1) is 11.3. The molecule has 0 heterocycles. The first kappa shape index (κ1) is 17.5. The number of aliphatic hydroxyl groups excluding tert-OH is 1. The molecular formula is C19H26N2O2. The van der Waals surface area contributed by atoms with Crippen LogP contribution in [0, 0.1) is 6.92 Å². The molecule has 0 aliphatic rings. The SMILES string of the molecule is Cc1ccc(COc2ccccc2CNCCNCCO)cc1. The van der Waals surface area contributed by atoms with E-state index in [1.165, 1.54) is 11.1 Å². The largest absolute Gasteiger partial charge is 0.489 e. The van der Waals surface area contributed by atoms with Crippen molar-refractivity contribution in [1.82, 2.24) is 10.6 Å². The monoisotopic (exact) mass is 314 g/mol. The quantitative estimate of drug-likeness (QED) is 0.589. The van der Waals surface area contributed by atoms with E-state index < -0.39 is 0 Å². The molecule has 0 aliphatic carbocycles. The average molecular weight is 314 g/mol. The lowest BCUT2D eigenvalue weighted by atomic mass is 10.1. The summed E-state index contributed by atoms with van der Waals surface area (Å²) in [6.07, 6.45) is 0. The zero-order valence-corrected chi connectivity index (χ0v) is 13.7. The molecule has 2 aromatic carbocycles. The predicted molar refractivity (Wildman–Crippen MR) is 93.6 cm³/mol. The van der Waals surface area contributed by atoms with Crippen molar-refractivity contribution >= 4 is 0 Å². The molecule has 0 radical (unpaired) electrons. The number of benzene rings is 2. The zero-order chi connectivity index (χ0) is 16.3. The van der Waals surface area contributed by atoms with E-state index >= 15 is 0 Å². The predicted octanol–water partition coefficient (Wildman–Crippen LogP) is 2.25. The number of para-hydroxylation sites is 1. The second-order valence-electron chi connectivity index (χ2n) is 5.53. The van der Waals surface area contributed by atoms with Crippen LogP contribution < -0.4 is 15.4 Å². The lowest BCUT2D eigenvalue weighted by molar-refractivity contribution is 0.292. The van der Waals surface area contributed by atoms with Gasteiger partial charge < -0.3 is 20.5 Å². The minimum Gasteiger partial charge on any atom is -0.489 e. The fourth-order valence-electron chi connectivity index (χ4n) is 2.24. The van der Waals surface area contributed by atoms with Crippen molar-refractivity contribution in [3.63, 3.8) is 0 Å². The van der Waals surface area contributed by atoms with E-state index in [1.54, 1.807) is 0 Å². The van der Waals surface area contributed by atoms with Gasteiger partial charge in [0.15, 0.2) is 0 Å². The molecule has 0 spiro atoms. The summed E-state index contributed by atoms with van der Waals surface area (Å²) in [4.78, 5) is 0. The Bertz CT molecular complexity index is 570. The minimum atomic E-state index is 0.176. The van der Waals surface area contributed by atoms with Gasteiger partial charge in [0.2, 0.25) is 0 Å². The highest BCUT2D eigenvalue weighted by Gasteiger charge is 2.03. The third kappa shape index (κ3) is 6.40. The Morgan fingerprint density at radius 2 is 1.65 bits per heavy atom. The molecule has 23 heavy (non-hydrogen) atoms. The highest BCUT2D eigenvalue weighted by Crippen LogP contribution is 2.19. The molecule has 0 saturated heterocycles. The topological polar surface area (TPSA) is 53.5 Å². The summed E-state index contributed by atoms with van der Waals surface area (Å²) >= 11 is 0. The molecule has 0 aliphatic heterocycles. The fraction of sp³-hybridized carbons (Fsp3) is 0.368. The van der Waals surface area contributed by atoms with Gasteiger partial charge in [0.05, 0.1) is 6.61 Å². The van der Waals surface area contributed by atoms with Crippen LogP contribution in [0.4, 0.5) is 0 Å². The van der Waals surface area contributed by atoms with Gasteiger partial charge in [-0.05, 0) is 18.6 Å². The van der Waals surface area contributed by atoms with Gasteiger partial charge in [0.1, 0.15) is 12.4 Å². The third-order valence-corrected chi connectivity index (χ3v) is 3.57. The Hall–Kier alpha value is -1.88. The maximum atomic E-state index is 8.71. The molecule has 2 aromatic rings. The lowest BCUT2D eigenvalue weighted by Crippen LogP contribution is -2.28. The molecule has 0 bridgehead atoms. The molecule has 124 valence electrons. The molecule has 2 rings (SSSR count). The minimum absolute atomic E-state index is 0.176. The van der Waals surface area contributed by atoms with Crippen LogP contribution in [0.15, 0.2) is 48.5 Å². The summed E-state index contributed by atoms with van der Waals surface area (Å²) in [6.45, 7) is 5.94. The van der Waals surface area contributed by atoms with Crippen LogP contribution in [-0.2, 0) is 13.2 Å². The number of aliphatic hydroxyl groups is 1. The van der Waals surface area contributed by atoms with Crippen molar-refractivity contribution in [2.24, 2.45) is 0 Å². The molecule has 3 N–H and O–H groups in total. The summed E-state index contributed by atoms with van der Waals surface area (Å²) in [5, 5.41) is 15.2. The van der Waals surface area contributed by atoms with Gasteiger partial charge in [-0.3, -0.25) is 0 Å². The van der Waals surface area contributed by atoms with E-state index in [9.17, 15) is 0 Å². The smallest absolute Gasteiger partial charge is 0.124 e. The van der Waals surface area contributed by atoms with Gasteiger partial charge in [-0.1, -0.05) is 48.0 Å². The van der Waals surface area contributed by atoms with Gasteiger partial charge >= 0.3 is 0 Å². The Balaban J connectivity index is 1.81. The second kappa shape index (κ2) is 10.0. The maximum absolute atomic E-state index is 8.71. The Kier molecular flexibility index (Phi) is 7.60. The molecule has 0 saturated carbocycles. The van der Waals surface area contributed by atoms with Gasteiger partial charge in [-0.15, -0.1) is 0 Å². The van der Waals surface area contributed by atoms with Crippen molar-refractivity contribution in [2.75, 3.05) is 26.2 Å². The van der Waals surface area contributed by atoms with Crippen LogP contribution in [0.3, 0.4) is 0 Å². The summed E-state index contributed by atoms with van der Waals surface area (Å²) in [7, 11) is 0. The van der Waals surface area contributed by atoms with Crippen LogP contribution in [0.25, 0.3) is 0 Å². The first-order valence-corrected chi connectivity index (χ1v) is 8.08. The molecule has 0 atom stereocenters. The standard InChI is InChI=1S/C19H26N2O2/c1-16-6-8-17(9-7-16)15-23-19-5-3-2-4-18(19)14-21-11-10-20-12-13-22/h2-9,20-22H,10-15H2,1H3. The number of ether oxygens (including phenoxy) is 1. The van der Waals surface area contributed by atoms with Crippen LogP contribution in [-0.4, -0.2) is 31.3 Å². The summed E-state index contributed by atoms with van der Waals surface area (Å²) in [5.41, 5.74) is 3.58. The van der Waals surface area contributed by atoms with Gasteiger partial charge in [-0.2, -0.15) is 0 Å². The molecule has 0 amide bonds. The fourth-order valence-corrected chi connectivity index (χ4v) is 2.24. The number of nitrogens with one attached hydrogen (secondary N) is 2. The highest BCUT2D eigenvalue weighted by atomic mass is 16.5. The van der Waals surface area contributed by atoms with E-state index in [0.717, 1.165) is 30.9 Å². The van der Waals surface area contributed by atoms with Crippen molar-refractivity contribution in [1.29, 1.82) is 0 Å². The number of hydrogen-bond acceptors (Lipinski definition) is 4. The number of hydrogen-bond donors (Lipinski definition) is 3. The molecule has 0 unspecified atom stereocenters. The molecule has 0 fully saturated rings. The van der Waals surface area contributed by atoms with E-state index in [-0.39, 0.29) is 6.61 Å². The molecular weight excluding hydrogens is 288 g/mol. The lowest BCUT2D eigenvalue weighted by Gasteiger charge is -2.12. The third-order valence-electron chi connectivity index (χ3n) is 3.57. The summed E-state index contributed by atoms with van der Waals surface area (Å²) < 4.78 is 5.97. The van der Waals surface area contributed by atoms with Crippen molar-refractivity contribution < 1.29 is 9.84 Å². The van der Waals surface area contributed by atoms with Gasteiger partial charge in [-0.25, -0.2) is 0 Å². The Morgan fingerprint density at radius 3 is 2.43 bits per heavy atom. The Morgan fingerprint density at radius 1 is 0.913 bits per heavy atom. The molecule has 0 aromatic heterocycles. The molecule has 4 heteroatoms. The number of aryl methyl sites for hydroxylation is 1. The van der Waals surface area contributed by atoms with Crippen molar-refractivity contribution in [2.45, 2.75) is 20.1 Å². The Labute approximate surface area is 138 Å². The maximum Gasteiger partial charge on any atom is 0.124 e. The van der Waals surface area contributed by atoms with E-state index in [0.29, 0.717) is 13.2 Å². The van der Waals surface area contributed by atoms with Crippen LogP contribution >= 0.6 is 0 Å². The van der Waals surface area contributed by atoms with E-state index in [2.05, 4.69) is 47.9 Å². The first-order valence-electron chi connectivity index (χ1n) is 8.08.